The van der Waals surface area contributed by atoms with Crippen LogP contribution in [-0.4, -0.2) is 65.9 Å². The fourth-order valence-electron chi connectivity index (χ4n) is 5.61. The summed E-state index contributed by atoms with van der Waals surface area (Å²) in [6.07, 6.45) is 27.6. The molecule has 1 rings (SSSR count). The number of unbranched alkanes of at least 4 members (excludes halogenated alkanes) is 19. The lowest BCUT2D eigenvalue weighted by molar-refractivity contribution is -0.160. The Morgan fingerprint density at radius 2 is 1.10 bits per heavy atom. The Morgan fingerprint density at radius 3 is 1.62 bits per heavy atom. The zero-order valence-corrected chi connectivity index (χ0v) is 30.9. The number of ether oxygens (including phenoxy) is 4. The summed E-state index contributed by atoms with van der Waals surface area (Å²) in [4.78, 5) is 37.2. The molecule has 1 atom stereocenters. The normalized spacial score (nSPS) is 11.8. The van der Waals surface area contributed by atoms with Gasteiger partial charge >= 0.3 is 17.9 Å². The molecule has 0 aromatic carbocycles. The molecule has 0 fully saturated rings. The topological polar surface area (TPSA) is 119 Å². The molecule has 1 aromatic rings. The van der Waals surface area contributed by atoms with Crippen molar-refractivity contribution in [2.75, 3.05) is 26.9 Å². The molecule has 0 spiro atoms. The number of hydrogen-bond acceptors (Lipinski definition) is 9. The highest BCUT2D eigenvalue weighted by Gasteiger charge is 2.19. The van der Waals surface area contributed by atoms with Crippen molar-refractivity contribution in [1.82, 2.24) is 15.0 Å². The molecule has 10 nitrogen and oxygen atoms in total. The molecule has 278 valence electrons. The van der Waals surface area contributed by atoms with Crippen molar-refractivity contribution in [2.24, 2.45) is 0 Å². The minimum absolute atomic E-state index is 0.0261. The van der Waals surface area contributed by atoms with Gasteiger partial charge in [0, 0.05) is 32.6 Å². The van der Waals surface area contributed by atoms with Gasteiger partial charge in [-0.1, -0.05) is 141 Å². The molecular formula is C38H69N3O7. The van der Waals surface area contributed by atoms with Crippen LogP contribution in [0.1, 0.15) is 174 Å². The van der Waals surface area contributed by atoms with Crippen molar-refractivity contribution < 1.29 is 33.3 Å². The van der Waals surface area contributed by atoms with Crippen LogP contribution in [0, 0.1) is 0 Å². The number of aryl methyl sites for hydroxylation is 1. The van der Waals surface area contributed by atoms with Gasteiger partial charge < -0.3 is 18.9 Å². The van der Waals surface area contributed by atoms with E-state index in [1.807, 2.05) is 0 Å². The van der Waals surface area contributed by atoms with Gasteiger partial charge in [0.25, 0.3) is 0 Å². The van der Waals surface area contributed by atoms with Crippen LogP contribution >= 0.6 is 0 Å². The standard InChI is InChI=1S/C38H69N3O7/c1-4-6-8-10-12-14-16-18-19-21-23-25-36(42)47-33-35(48-38(44)26-24-22-20-17-15-13-11-9-7-5-2)32-41-31-34(39-40-41)27-28-37(43)46-30-29-45-3/h31,35H,4-30,32-33H2,1-3H3. The second kappa shape index (κ2) is 31.8. The molecule has 1 heterocycles. The van der Waals surface area contributed by atoms with Gasteiger partial charge in [-0.05, 0) is 12.8 Å². The average Bonchev–Trinajstić information content (AvgIpc) is 3.53. The maximum absolute atomic E-state index is 12.7. The van der Waals surface area contributed by atoms with Gasteiger partial charge in [0.05, 0.1) is 25.3 Å². The fourth-order valence-corrected chi connectivity index (χ4v) is 5.61. The van der Waals surface area contributed by atoms with Crippen molar-refractivity contribution in [3.05, 3.63) is 11.9 Å². The van der Waals surface area contributed by atoms with Crippen LogP contribution in [0.15, 0.2) is 6.20 Å². The van der Waals surface area contributed by atoms with Gasteiger partial charge in [-0.2, -0.15) is 0 Å². The van der Waals surface area contributed by atoms with E-state index in [1.54, 1.807) is 18.0 Å². The van der Waals surface area contributed by atoms with E-state index < -0.39 is 6.10 Å². The predicted octanol–water partition coefficient (Wildman–Crippen LogP) is 8.87. The lowest BCUT2D eigenvalue weighted by Crippen LogP contribution is -2.30. The van der Waals surface area contributed by atoms with Gasteiger partial charge in [-0.15, -0.1) is 5.10 Å². The SMILES string of the molecule is CCCCCCCCCCCCCC(=O)OCC(Cn1cc(CCC(=O)OCCOC)nn1)OC(=O)CCCCCCCCCCCC. The number of hydrogen-bond donors (Lipinski definition) is 0. The highest BCUT2D eigenvalue weighted by molar-refractivity contribution is 5.70. The summed E-state index contributed by atoms with van der Waals surface area (Å²) >= 11 is 0. The Balaban J connectivity index is 2.44. The Bertz CT molecular complexity index is 924. The number of esters is 3. The quantitative estimate of drug-likeness (QED) is 0.0400. The highest BCUT2D eigenvalue weighted by Crippen LogP contribution is 2.14. The minimum atomic E-state index is -0.671. The molecule has 0 saturated heterocycles. The summed E-state index contributed by atoms with van der Waals surface area (Å²) in [5.74, 6) is -0.891. The van der Waals surface area contributed by atoms with Crippen LogP contribution in [0.3, 0.4) is 0 Å². The third kappa shape index (κ3) is 26.5. The smallest absolute Gasteiger partial charge is 0.306 e. The third-order valence-electron chi connectivity index (χ3n) is 8.56. The molecule has 48 heavy (non-hydrogen) atoms. The number of carbonyl (C=O) groups excluding carboxylic acids is 3. The van der Waals surface area contributed by atoms with E-state index in [4.69, 9.17) is 18.9 Å². The lowest BCUT2D eigenvalue weighted by Gasteiger charge is -2.18. The first-order chi connectivity index (χ1) is 23.5. The van der Waals surface area contributed by atoms with E-state index in [0.29, 0.717) is 31.6 Å². The van der Waals surface area contributed by atoms with Crippen LogP contribution < -0.4 is 0 Å². The maximum Gasteiger partial charge on any atom is 0.306 e. The van der Waals surface area contributed by atoms with Crippen molar-refractivity contribution in [3.8, 4) is 0 Å². The summed E-state index contributed by atoms with van der Waals surface area (Å²) in [5, 5.41) is 8.29. The zero-order valence-electron chi connectivity index (χ0n) is 30.9. The number of aromatic nitrogens is 3. The third-order valence-corrected chi connectivity index (χ3v) is 8.56. The highest BCUT2D eigenvalue weighted by atomic mass is 16.6. The maximum atomic E-state index is 12.7. The van der Waals surface area contributed by atoms with Crippen molar-refractivity contribution >= 4 is 17.9 Å². The van der Waals surface area contributed by atoms with Crippen molar-refractivity contribution in [3.63, 3.8) is 0 Å². The molecule has 0 aliphatic carbocycles. The summed E-state index contributed by atoms with van der Waals surface area (Å²) in [6, 6.07) is 0. The zero-order chi connectivity index (χ0) is 34.9. The molecule has 0 saturated carbocycles. The Hall–Kier alpha value is -2.49. The summed E-state index contributed by atoms with van der Waals surface area (Å²) < 4.78 is 22.9. The average molecular weight is 680 g/mol. The molecule has 0 aliphatic rings. The van der Waals surface area contributed by atoms with Crippen LogP contribution in [0.25, 0.3) is 0 Å². The lowest BCUT2D eigenvalue weighted by atomic mass is 10.1. The van der Waals surface area contributed by atoms with E-state index in [9.17, 15) is 14.4 Å². The predicted molar refractivity (Wildman–Crippen MR) is 190 cm³/mol. The summed E-state index contributed by atoms with van der Waals surface area (Å²) in [5.41, 5.74) is 0.627. The molecule has 0 N–H and O–H groups in total. The number of methoxy groups -OCH3 is 1. The first-order valence-corrected chi connectivity index (χ1v) is 19.4. The molecule has 10 heteroatoms. The Morgan fingerprint density at radius 1 is 0.625 bits per heavy atom. The molecule has 0 aliphatic heterocycles. The number of rotatable bonds is 34. The minimum Gasteiger partial charge on any atom is -0.463 e. The van der Waals surface area contributed by atoms with E-state index in [0.717, 1.165) is 38.5 Å². The summed E-state index contributed by atoms with van der Waals surface area (Å²) in [6.45, 7) is 5.23. The van der Waals surface area contributed by atoms with Gasteiger partial charge in [-0.25, -0.2) is 4.68 Å². The van der Waals surface area contributed by atoms with Gasteiger partial charge in [-0.3, -0.25) is 14.4 Å². The van der Waals surface area contributed by atoms with Gasteiger partial charge in [0.15, 0.2) is 6.10 Å². The Labute approximate surface area is 291 Å². The van der Waals surface area contributed by atoms with Crippen LogP contribution in [0.4, 0.5) is 0 Å². The molecule has 0 bridgehead atoms. The molecule has 0 amide bonds. The molecule has 1 unspecified atom stereocenters. The second-order valence-corrected chi connectivity index (χ2v) is 13.2. The summed E-state index contributed by atoms with van der Waals surface area (Å²) in [7, 11) is 1.55. The van der Waals surface area contributed by atoms with E-state index >= 15 is 0 Å². The first-order valence-electron chi connectivity index (χ1n) is 19.4. The van der Waals surface area contributed by atoms with Crippen LogP contribution in [-0.2, 0) is 46.3 Å². The van der Waals surface area contributed by atoms with E-state index in [2.05, 4.69) is 24.2 Å². The van der Waals surface area contributed by atoms with Crippen LogP contribution in [0.5, 0.6) is 0 Å². The number of nitrogens with zero attached hydrogens (tertiary/aromatic N) is 3. The van der Waals surface area contributed by atoms with Gasteiger partial charge in [0.2, 0.25) is 0 Å². The largest absolute Gasteiger partial charge is 0.463 e. The second-order valence-electron chi connectivity index (χ2n) is 13.2. The van der Waals surface area contributed by atoms with E-state index in [-0.39, 0.29) is 44.1 Å². The van der Waals surface area contributed by atoms with Crippen molar-refractivity contribution in [1.29, 1.82) is 0 Å². The van der Waals surface area contributed by atoms with Gasteiger partial charge in [0.1, 0.15) is 13.2 Å². The molecule has 0 radical (unpaired) electrons. The van der Waals surface area contributed by atoms with Crippen molar-refractivity contribution in [2.45, 2.75) is 187 Å². The number of carbonyl (C=O) groups is 3. The Kier molecular flexibility index (Phi) is 28.8. The fraction of sp³-hybridized carbons (Fsp3) is 0.868. The molecular weight excluding hydrogens is 610 g/mol. The molecule has 1 aromatic heterocycles. The van der Waals surface area contributed by atoms with Crippen LogP contribution in [0.2, 0.25) is 0 Å². The van der Waals surface area contributed by atoms with E-state index in [1.165, 1.54) is 96.3 Å². The monoisotopic (exact) mass is 680 g/mol. The first kappa shape index (κ1) is 43.5.